The zero-order valence-electron chi connectivity index (χ0n) is 38.2. The molecule has 0 amide bonds. The Kier molecular flexibility index (Phi) is 12.8. The van der Waals surface area contributed by atoms with E-state index in [0.717, 1.165) is 60.2 Å². The van der Waals surface area contributed by atoms with Crippen LogP contribution in [0.25, 0.3) is 61.5 Å². The van der Waals surface area contributed by atoms with Gasteiger partial charge in [0, 0.05) is 52.0 Å². The fraction of sp³-hybridized carbons (Fsp3) is 0.177. The molecular weight excluding hydrogens is 787 g/mol. The molecule has 318 valence electrons. The third kappa shape index (κ3) is 8.75. The smallest absolute Gasteiger partial charge is 0.0578 e. The van der Waals surface area contributed by atoms with Crippen LogP contribution in [-0.4, -0.2) is 15.3 Å². The molecule has 0 radical (unpaired) electrons. The molecule has 1 unspecified atom stereocenters. The Bertz CT molecular complexity index is 3090. The summed E-state index contributed by atoms with van der Waals surface area (Å²) >= 11 is 0. The van der Waals surface area contributed by atoms with Crippen molar-refractivity contribution in [3.8, 4) is 33.4 Å². The van der Waals surface area contributed by atoms with E-state index >= 15 is 0 Å². The maximum atomic E-state index is 5.06. The van der Waals surface area contributed by atoms with E-state index in [-0.39, 0.29) is 6.04 Å². The van der Waals surface area contributed by atoms with Crippen molar-refractivity contribution < 1.29 is 0 Å². The topological polar surface area (TPSA) is 30.2 Å². The van der Waals surface area contributed by atoms with Crippen molar-refractivity contribution in [1.29, 1.82) is 0 Å². The van der Waals surface area contributed by atoms with Crippen LogP contribution >= 0.6 is 0 Å². The lowest BCUT2D eigenvalue weighted by atomic mass is 9.89. The van der Waals surface area contributed by atoms with Crippen LogP contribution in [0.2, 0.25) is 0 Å². The number of para-hydroxylation sites is 1. The molecule has 0 fully saturated rings. The van der Waals surface area contributed by atoms with Crippen molar-refractivity contribution in [2.45, 2.75) is 72.8 Å². The van der Waals surface area contributed by atoms with E-state index in [1.165, 1.54) is 72.3 Å². The molecule has 4 aliphatic carbocycles. The number of hydrogen-bond donors (Lipinski definition) is 0. The number of aliphatic imine (C=N–C) groups is 1. The van der Waals surface area contributed by atoms with Gasteiger partial charge >= 0.3 is 0 Å². The number of fused-ring (bicyclic) bond motifs is 6. The predicted molar refractivity (Wildman–Crippen MR) is 275 cm³/mol. The molecule has 0 bridgehead atoms. The first-order valence-electron chi connectivity index (χ1n) is 23.2. The third-order valence-corrected chi connectivity index (χ3v) is 12.7. The number of pyridine rings is 1. The number of allylic oxidation sites excluding steroid dienone is 11. The van der Waals surface area contributed by atoms with Gasteiger partial charge in [-0.1, -0.05) is 141 Å². The van der Waals surface area contributed by atoms with Crippen molar-refractivity contribution in [2.75, 3.05) is 0 Å². The first-order valence-corrected chi connectivity index (χ1v) is 23.2. The van der Waals surface area contributed by atoms with Gasteiger partial charge in [0.15, 0.2) is 0 Å². The number of rotatable bonds is 7. The second kappa shape index (κ2) is 19.5. The highest BCUT2D eigenvalue weighted by atomic mass is 15.0. The zero-order chi connectivity index (χ0) is 44.7. The Labute approximate surface area is 385 Å². The van der Waals surface area contributed by atoms with Crippen LogP contribution in [0, 0.1) is 12.1 Å². The van der Waals surface area contributed by atoms with Crippen molar-refractivity contribution in [3.05, 3.63) is 233 Å². The molecule has 65 heavy (non-hydrogen) atoms. The molecule has 0 saturated carbocycles. The van der Waals surface area contributed by atoms with E-state index in [1.807, 2.05) is 50.4 Å². The van der Waals surface area contributed by atoms with E-state index in [0.29, 0.717) is 0 Å². The summed E-state index contributed by atoms with van der Waals surface area (Å²) in [6, 6.07) is 49.0. The predicted octanol–water partition coefficient (Wildman–Crippen LogP) is 16.3. The van der Waals surface area contributed by atoms with Gasteiger partial charge in [0.25, 0.3) is 0 Å². The molecule has 1 atom stereocenters. The van der Waals surface area contributed by atoms with Crippen LogP contribution in [0.1, 0.15) is 94.3 Å². The van der Waals surface area contributed by atoms with Gasteiger partial charge in [-0.05, 0) is 157 Å². The van der Waals surface area contributed by atoms with Crippen LogP contribution in [0.4, 0.5) is 0 Å². The lowest BCUT2D eigenvalue weighted by Crippen LogP contribution is -2.07. The highest BCUT2D eigenvalue weighted by Gasteiger charge is 2.27. The molecule has 3 heteroatoms. The lowest BCUT2D eigenvalue weighted by Gasteiger charge is -2.18. The van der Waals surface area contributed by atoms with Gasteiger partial charge in [0.1, 0.15) is 0 Å². The molecule has 4 aliphatic rings. The molecule has 11 rings (SSSR count). The average Bonchev–Trinajstić information content (AvgIpc) is 3.85. The molecule has 7 aromatic rings. The average molecular weight is 842 g/mol. The Morgan fingerprint density at radius 2 is 1.46 bits per heavy atom. The maximum Gasteiger partial charge on any atom is 0.0578 e. The molecule has 2 heterocycles. The summed E-state index contributed by atoms with van der Waals surface area (Å²) in [4.78, 5) is 9.10. The number of hydrogen-bond acceptors (Lipinski definition) is 2. The summed E-state index contributed by atoms with van der Waals surface area (Å²) < 4.78 is 2.54. The molecule has 0 aliphatic heterocycles. The molecule has 3 nitrogen and oxygen atoms in total. The van der Waals surface area contributed by atoms with Gasteiger partial charge in [-0.2, -0.15) is 0 Å². The van der Waals surface area contributed by atoms with Gasteiger partial charge in [-0.15, -0.1) is 5.73 Å². The Morgan fingerprint density at radius 3 is 2.26 bits per heavy atom. The van der Waals surface area contributed by atoms with E-state index in [2.05, 4.69) is 182 Å². The minimum atomic E-state index is 0.0510. The zero-order valence-corrected chi connectivity index (χ0v) is 38.2. The van der Waals surface area contributed by atoms with E-state index in [4.69, 9.17) is 4.99 Å². The maximum absolute atomic E-state index is 5.06. The fourth-order valence-electron chi connectivity index (χ4n) is 9.89. The first kappa shape index (κ1) is 42.8. The molecule has 0 saturated heterocycles. The Hall–Kier alpha value is -7.50. The lowest BCUT2D eigenvalue weighted by molar-refractivity contribution is 0.676. The van der Waals surface area contributed by atoms with Gasteiger partial charge in [-0.25, -0.2) is 0 Å². The summed E-state index contributed by atoms with van der Waals surface area (Å²) in [6.07, 6.45) is 24.9. The van der Waals surface area contributed by atoms with E-state index in [1.54, 1.807) is 11.8 Å². The third-order valence-electron chi connectivity index (χ3n) is 12.7. The Balaban J connectivity index is 0.000000327. The second-order valence-electron chi connectivity index (χ2n) is 16.8. The van der Waals surface area contributed by atoms with Crippen LogP contribution in [0.5, 0.6) is 0 Å². The van der Waals surface area contributed by atoms with Gasteiger partial charge < -0.3 is 4.57 Å². The standard InChI is InChI=1S/C49H42N2.C11H7N.C2H6/c1-32(50-34(3)35-15-5-4-6-16-35)29-33(2)51-47-28-12-19-36-17-7-10-23-42(36)48(47)45-27-14-25-43(49(45)51)38-21-11-20-37(30-38)41-24-13-26-44-40-22-9-8-18-39(40)31-46(41)44;1-2-5-10(6-3-1)11-7-4-8-12-9-11;1-2/h4-8,11,13-21,24-30,33H,9-10,22-23,31H2,1-3H3;2,4-9H;1-2H3/b32-29-,50-34?;;. The van der Waals surface area contributed by atoms with Crippen molar-refractivity contribution >= 4 is 33.8 Å². The van der Waals surface area contributed by atoms with Crippen LogP contribution in [-0.2, 0) is 6.42 Å². The van der Waals surface area contributed by atoms with E-state index < -0.39 is 0 Å². The summed E-state index contributed by atoms with van der Waals surface area (Å²) in [6.45, 7) is 10.5. The fourth-order valence-corrected chi connectivity index (χ4v) is 9.89. The normalized spacial score (nSPS) is 15.2. The van der Waals surface area contributed by atoms with Crippen molar-refractivity contribution in [1.82, 2.24) is 9.55 Å². The number of benzene rings is 4. The second-order valence-corrected chi connectivity index (χ2v) is 16.8. The highest BCUT2D eigenvalue weighted by Crippen LogP contribution is 2.46. The summed E-state index contributed by atoms with van der Waals surface area (Å²) in [7, 11) is 0. The summed E-state index contributed by atoms with van der Waals surface area (Å²) in [5, 5.41) is 1.30. The van der Waals surface area contributed by atoms with Crippen LogP contribution in [0.15, 0.2) is 198 Å². The van der Waals surface area contributed by atoms with Crippen LogP contribution < -0.4 is 0 Å². The molecule has 2 aromatic heterocycles. The summed E-state index contributed by atoms with van der Waals surface area (Å²) in [5.41, 5.74) is 26.6. The largest absolute Gasteiger partial charge is 0.333 e. The Morgan fingerprint density at radius 1 is 0.723 bits per heavy atom. The highest BCUT2D eigenvalue weighted by molar-refractivity contribution is 6.06. The van der Waals surface area contributed by atoms with Crippen molar-refractivity contribution in [3.63, 3.8) is 0 Å². The quantitative estimate of drug-likeness (QED) is 0.116. The van der Waals surface area contributed by atoms with Crippen LogP contribution in [0.3, 0.4) is 0 Å². The minimum absolute atomic E-state index is 0.0510. The monoisotopic (exact) mass is 841 g/mol. The van der Waals surface area contributed by atoms with Crippen molar-refractivity contribution in [2.24, 2.45) is 4.99 Å². The number of aromatic nitrogens is 2. The minimum Gasteiger partial charge on any atom is -0.333 e. The summed E-state index contributed by atoms with van der Waals surface area (Å²) in [5.74, 6) is 0. The molecule has 5 aromatic carbocycles. The molecule has 0 spiro atoms. The SMILES string of the molecule is CC.CC(=N/C(C)=C\C(C)n1c2c(c3cccc(-c4cccc(-c5cccc6c5CC5=C6CCC=C5)c4)c31)C1=C(C=C=C2)C=CCC1)c1ccccc1.c1ccc(-c2cccnc2)cc#1. The van der Waals surface area contributed by atoms with Gasteiger partial charge in [0.2, 0.25) is 0 Å². The number of nitrogens with zero attached hydrogens (tertiary/aromatic N) is 3. The van der Waals surface area contributed by atoms with Gasteiger partial charge in [-0.3, -0.25) is 9.98 Å². The molecular formula is C62H55N3. The van der Waals surface area contributed by atoms with Gasteiger partial charge in [0.05, 0.1) is 17.3 Å². The molecule has 0 N–H and O–H groups in total. The first-order chi connectivity index (χ1) is 32.0. The van der Waals surface area contributed by atoms with E-state index in [9.17, 15) is 0 Å².